The minimum Gasteiger partial charge on any atom is -0.299 e. The molecule has 0 radical (unpaired) electrons. The minimum absolute atomic E-state index is 0.364. The van der Waals surface area contributed by atoms with Crippen LogP contribution in [0.1, 0.15) is 92.9 Å². The lowest BCUT2D eigenvalue weighted by atomic mass is 9.75. The summed E-state index contributed by atoms with van der Waals surface area (Å²) in [6.07, 6.45) is 9.58. The Labute approximate surface area is 133 Å². The third kappa shape index (κ3) is 6.98. The van der Waals surface area contributed by atoms with Crippen LogP contribution in [0.15, 0.2) is 0 Å². The predicted molar refractivity (Wildman–Crippen MR) is 92.4 cm³/mol. The molecule has 1 rings (SSSR count). The van der Waals surface area contributed by atoms with Gasteiger partial charge in [0.25, 0.3) is 0 Å². The first kappa shape index (κ1) is 18.7. The normalized spacial score (nSPS) is 26.7. The van der Waals surface area contributed by atoms with Gasteiger partial charge >= 0.3 is 0 Å². The fraction of sp³-hybridized carbons (Fsp3) is 0.950. The number of ketones is 1. The molecule has 0 amide bonds. The Kier molecular flexibility index (Phi) is 7.44. The van der Waals surface area contributed by atoms with E-state index >= 15 is 0 Å². The SMILES string of the molecule is CC(CCC1C(=O)CCC[C@H]1C)[C@H](C)CCCC(C)(C)C. The molecule has 124 valence electrons. The van der Waals surface area contributed by atoms with E-state index in [1.165, 1.54) is 32.1 Å². The number of hydrogen-bond donors (Lipinski definition) is 0. The van der Waals surface area contributed by atoms with Crippen LogP contribution in [0.5, 0.6) is 0 Å². The molecule has 4 atom stereocenters. The second-order valence-corrected chi connectivity index (χ2v) is 8.93. The molecule has 0 aromatic rings. The summed E-state index contributed by atoms with van der Waals surface area (Å²) in [5.41, 5.74) is 0.465. The summed E-state index contributed by atoms with van der Waals surface area (Å²) < 4.78 is 0. The van der Waals surface area contributed by atoms with Crippen LogP contribution in [0.25, 0.3) is 0 Å². The van der Waals surface area contributed by atoms with Crippen LogP contribution in [0, 0.1) is 29.1 Å². The van der Waals surface area contributed by atoms with Crippen LogP contribution in [-0.2, 0) is 4.79 Å². The second-order valence-electron chi connectivity index (χ2n) is 8.93. The largest absolute Gasteiger partial charge is 0.299 e. The quantitative estimate of drug-likeness (QED) is 0.541. The van der Waals surface area contributed by atoms with Crippen molar-refractivity contribution in [3.8, 4) is 0 Å². The first-order valence-corrected chi connectivity index (χ1v) is 9.23. The van der Waals surface area contributed by atoms with Crippen molar-refractivity contribution in [3.63, 3.8) is 0 Å². The van der Waals surface area contributed by atoms with E-state index in [0.29, 0.717) is 23.0 Å². The molecule has 1 aliphatic carbocycles. The van der Waals surface area contributed by atoms with Gasteiger partial charge in [0.2, 0.25) is 0 Å². The van der Waals surface area contributed by atoms with Crippen molar-refractivity contribution in [2.24, 2.45) is 29.1 Å². The molecule has 0 bridgehead atoms. The fourth-order valence-electron chi connectivity index (χ4n) is 3.71. The van der Waals surface area contributed by atoms with E-state index in [4.69, 9.17) is 0 Å². The summed E-state index contributed by atoms with van der Waals surface area (Å²) in [7, 11) is 0. The highest BCUT2D eigenvalue weighted by Crippen LogP contribution is 2.33. The third-order valence-corrected chi connectivity index (χ3v) is 5.67. The molecular weight excluding hydrogens is 256 g/mol. The monoisotopic (exact) mass is 294 g/mol. The third-order valence-electron chi connectivity index (χ3n) is 5.67. The standard InChI is InChI=1S/C20H38O/c1-15(10-8-14-20(4,5)6)16(2)12-13-18-17(3)9-7-11-19(18)21/h15-18H,7-14H2,1-6H3/t15-,16?,17-,18?/m1/s1. The molecule has 0 aliphatic heterocycles. The average molecular weight is 295 g/mol. The van der Waals surface area contributed by atoms with E-state index < -0.39 is 0 Å². The summed E-state index contributed by atoms with van der Waals surface area (Å²) >= 11 is 0. The summed E-state index contributed by atoms with van der Waals surface area (Å²) in [6, 6.07) is 0. The highest BCUT2D eigenvalue weighted by Gasteiger charge is 2.29. The predicted octanol–water partition coefficient (Wildman–Crippen LogP) is 6.26. The molecule has 21 heavy (non-hydrogen) atoms. The van der Waals surface area contributed by atoms with Gasteiger partial charge in [0.1, 0.15) is 5.78 Å². The molecule has 1 saturated carbocycles. The maximum absolute atomic E-state index is 12.1. The zero-order valence-corrected chi connectivity index (χ0v) is 15.4. The lowest BCUT2D eigenvalue weighted by molar-refractivity contribution is -0.126. The van der Waals surface area contributed by atoms with Crippen LogP contribution in [0.3, 0.4) is 0 Å². The maximum Gasteiger partial charge on any atom is 0.136 e. The zero-order valence-electron chi connectivity index (χ0n) is 15.4. The Hall–Kier alpha value is -0.330. The Morgan fingerprint density at radius 1 is 1.14 bits per heavy atom. The molecule has 1 heteroatoms. The number of carbonyl (C=O) groups excluding carboxylic acids is 1. The highest BCUT2D eigenvalue weighted by molar-refractivity contribution is 5.81. The fourth-order valence-corrected chi connectivity index (χ4v) is 3.71. The van der Waals surface area contributed by atoms with E-state index in [1.54, 1.807) is 0 Å². The van der Waals surface area contributed by atoms with Gasteiger partial charge in [0, 0.05) is 12.3 Å². The molecule has 1 fully saturated rings. The second kappa shape index (κ2) is 8.34. The molecule has 1 nitrogen and oxygen atoms in total. The molecular formula is C20H38O. The number of carbonyl (C=O) groups is 1. The van der Waals surface area contributed by atoms with Gasteiger partial charge in [-0.3, -0.25) is 4.79 Å². The first-order chi connectivity index (χ1) is 9.70. The summed E-state index contributed by atoms with van der Waals surface area (Å²) in [4.78, 5) is 12.1. The lowest BCUT2D eigenvalue weighted by Gasteiger charge is -2.29. The van der Waals surface area contributed by atoms with Crippen LogP contribution in [-0.4, -0.2) is 5.78 Å². The Morgan fingerprint density at radius 2 is 1.76 bits per heavy atom. The van der Waals surface area contributed by atoms with E-state index in [2.05, 4.69) is 41.5 Å². The smallest absolute Gasteiger partial charge is 0.136 e. The van der Waals surface area contributed by atoms with E-state index in [0.717, 1.165) is 31.1 Å². The lowest BCUT2D eigenvalue weighted by Crippen LogP contribution is -2.27. The number of rotatable bonds is 7. The van der Waals surface area contributed by atoms with Gasteiger partial charge in [0.15, 0.2) is 0 Å². The zero-order chi connectivity index (χ0) is 16.0. The van der Waals surface area contributed by atoms with Crippen molar-refractivity contribution in [1.29, 1.82) is 0 Å². The van der Waals surface area contributed by atoms with Crippen LogP contribution >= 0.6 is 0 Å². The summed E-state index contributed by atoms with van der Waals surface area (Å²) in [6.45, 7) is 14.1. The first-order valence-electron chi connectivity index (χ1n) is 9.23. The van der Waals surface area contributed by atoms with Gasteiger partial charge in [-0.15, -0.1) is 0 Å². The molecule has 2 unspecified atom stereocenters. The maximum atomic E-state index is 12.1. The summed E-state index contributed by atoms with van der Waals surface area (Å²) in [5.74, 6) is 3.08. The van der Waals surface area contributed by atoms with Crippen molar-refractivity contribution in [1.82, 2.24) is 0 Å². The molecule has 0 spiro atoms. The van der Waals surface area contributed by atoms with Crippen molar-refractivity contribution in [2.45, 2.75) is 92.9 Å². The molecule has 0 aromatic carbocycles. The van der Waals surface area contributed by atoms with Gasteiger partial charge < -0.3 is 0 Å². The van der Waals surface area contributed by atoms with Gasteiger partial charge in [-0.25, -0.2) is 0 Å². The summed E-state index contributed by atoms with van der Waals surface area (Å²) in [5, 5.41) is 0. The minimum atomic E-state index is 0.364. The van der Waals surface area contributed by atoms with E-state index in [-0.39, 0.29) is 0 Å². The average Bonchev–Trinajstić information content (AvgIpc) is 2.36. The Morgan fingerprint density at radius 3 is 2.33 bits per heavy atom. The molecule has 0 N–H and O–H groups in total. The van der Waals surface area contributed by atoms with Crippen molar-refractivity contribution < 1.29 is 4.79 Å². The topological polar surface area (TPSA) is 17.1 Å². The van der Waals surface area contributed by atoms with Gasteiger partial charge in [0.05, 0.1) is 0 Å². The van der Waals surface area contributed by atoms with Crippen LogP contribution in [0.2, 0.25) is 0 Å². The van der Waals surface area contributed by atoms with Gasteiger partial charge in [-0.2, -0.15) is 0 Å². The van der Waals surface area contributed by atoms with E-state index in [1.807, 2.05) is 0 Å². The molecule has 1 aliphatic rings. The van der Waals surface area contributed by atoms with Crippen molar-refractivity contribution >= 4 is 5.78 Å². The van der Waals surface area contributed by atoms with Crippen LogP contribution in [0.4, 0.5) is 0 Å². The Balaban J connectivity index is 2.28. The van der Waals surface area contributed by atoms with Gasteiger partial charge in [-0.1, -0.05) is 54.4 Å². The molecule has 0 aromatic heterocycles. The molecule has 0 heterocycles. The van der Waals surface area contributed by atoms with E-state index in [9.17, 15) is 4.79 Å². The number of hydrogen-bond acceptors (Lipinski definition) is 1. The Bertz CT molecular complexity index is 312. The number of Topliss-reactive ketones (excluding diaryl/α,β-unsaturated/α-hetero) is 1. The van der Waals surface area contributed by atoms with Crippen LogP contribution < -0.4 is 0 Å². The highest BCUT2D eigenvalue weighted by atomic mass is 16.1. The molecule has 0 saturated heterocycles. The van der Waals surface area contributed by atoms with Crippen molar-refractivity contribution in [3.05, 3.63) is 0 Å². The van der Waals surface area contributed by atoms with Crippen molar-refractivity contribution in [2.75, 3.05) is 0 Å². The van der Waals surface area contributed by atoms with Gasteiger partial charge in [-0.05, 0) is 55.3 Å².